The van der Waals surface area contributed by atoms with Crippen molar-refractivity contribution in [3.05, 3.63) is 46.5 Å². The van der Waals surface area contributed by atoms with E-state index in [0.717, 1.165) is 12.8 Å². The summed E-state index contributed by atoms with van der Waals surface area (Å²) in [5.41, 5.74) is -0.240. The Kier molecular flexibility index (Phi) is 12.9. The first-order chi connectivity index (χ1) is 18.0. The average Bonchev–Trinajstić information content (AvgIpc) is 2.89. The van der Waals surface area contributed by atoms with Gasteiger partial charge in [0.25, 0.3) is 23.6 Å². The van der Waals surface area contributed by atoms with E-state index in [0.29, 0.717) is 26.2 Å². The Bertz CT molecular complexity index is 1060. The van der Waals surface area contributed by atoms with Crippen molar-refractivity contribution in [1.82, 2.24) is 21.3 Å². The zero-order chi connectivity index (χ0) is 28.8. The number of rotatable bonds is 10. The number of carbonyl (C=O) groups is 4. The zero-order valence-corrected chi connectivity index (χ0v) is 22.0. The highest BCUT2D eigenvalue weighted by Gasteiger charge is 2.21. The van der Waals surface area contributed by atoms with E-state index < -0.39 is 46.6 Å². The summed E-state index contributed by atoms with van der Waals surface area (Å²) >= 11 is 0. The van der Waals surface area contributed by atoms with Crippen LogP contribution in [0.15, 0.2) is 24.3 Å². The number of phenols is 4. The molecule has 208 valence electrons. The molecular weight excluding hydrogens is 496 g/mol. The average molecular weight is 533 g/mol. The van der Waals surface area contributed by atoms with Crippen LogP contribution in [0.2, 0.25) is 0 Å². The molecule has 0 aliphatic carbocycles. The molecule has 0 saturated heterocycles. The molecule has 38 heavy (non-hydrogen) atoms. The summed E-state index contributed by atoms with van der Waals surface area (Å²) in [5, 5.41) is 49.2. The van der Waals surface area contributed by atoms with Gasteiger partial charge in [-0.3, -0.25) is 19.2 Å². The highest BCUT2D eigenvalue weighted by molar-refractivity contribution is 6.03. The molecule has 8 N–H and O–H groups in total. The molecule has 0 bridgehead atoms. The molecule has 2 aromatic carbocycles. The summed E-state index contributed by atoms with van der Waals surface area (Å²) in [7, 11) is 0. The van der Waals surface area contributed by atoms with Crippen LogP contribution in [0.1, 0.15) is 82.0 Å². The van der Waals surface area contributed by atoms with Crippen LogP contribution in [-0.2, 0) is 0 Å². The van der Waals surface area contributed by atoms with Gasteiger partial charge in [-0.2, -0.15) is 0 Å². The first-order valence-corrected chi connectivity index (χ1v) is 12.3. The minimum atomic E-state index is -0.593. The van der Waals surface area contributed by atoms with Crippen LogP contribution in [0.25, 0.3) is 0 Å². The van der Waals surface area contributed by atoms with Gasteiger partial charge in [-0.15, -0.1) is 0 Å². The number of hydrogen-bond acceptors (Lipinski definition) is 8. The van der Waals surface area contributed by atoms with Crippen molar-refractivity contribution in [2.75, 3.05) is 26.2 Å². The van der Waals surface area contributed by atoms with E-state index in [1.165, 1.54) is 24.3 Å². The highest BCUT2D eigenvalue weighted by atomic mass is 16.3. The third-order valence-corrected chi connectivity index (χ3v) is 5.03. The standard InChI is InChI=1S/C14H20N2O4.C12H16N2O4/c1-3-7-15-13(19)9-5-6-10(12(18)11(9)17)14(20)16-8-4-2;1-3-13-11(17)7-5-6-8(10(16)9(7)15)12(18)14-4-2/h5-6,17-18H,3-4,7-8H2,1-2H3,(H,15,19)(H,16,20);5-6,15-16H,3-4H2,1-2H3,(H,13,17)(H,14,18). The molecule has 0 spiro atoms. The number of hydrogen-bond donors (Lipinski definition) is 8. The quantitative estimate of drug-likeness (QED) is 0.212. The van der Waals surface area contributed by atoms with Crippen LogP contribution < -0.4 is 21.3 Å². The Labute approximate surface area is 221 Å². The smallest absolute Gasteiger partial charge is 0.255 e. The molecule has 0 fully saturated rings. The van der Waals surface area contributed by atoms with Crippen molar-refractivity contribution in [2.45, 2.75) is 40.5 Å². The fourth-order valence-electron chi connectivity index (χ4n) is 3.07. The van der Waals surface area contributed by atoms with Gasteiger partial charge < -0.3 is 41.7 Å². The molecular formula is C26H36N4O8. The molecule has 0 radical (unpaired) electrons. The first-order valence-electron chi connectivity index (χ1n) is 12.3. The Balaban J connectivity index is 0.000000382. The van der Waals surface area contributed by atoms with Gasteiger partial charge in [-0.05, 0) is 51.0 Å². The normalized spacial score (nSPS) is 10.0. The van der Waals surface area contributed by atoms with E-state index in [9.17, 15) is 39.6 Å². The molecule has 0 heterocycles. The number of amides is 4. The van der Waals surface area contributed by atoms with Crippen molar-refractivity contribution in [1.29, 1.82) is 0 Å². The topological polar surface area (TPSA) is 197 Å². The predicted octanol–water partition coefficient (Wildman–Crippen LogP) is 1.97. The second kappa shape index (κ2) is 15.6. The maximum absolute atomic E-state index is 11.7. The summed E-state index contributed by atoms with van der Waals surface area (Å²) in [6, 6.07) is 5.23. The second-order valence-electron chi connectivity index (χ2n) is 7.95. The molecule has 0 aliphatic heterocycles. The Morgan fingerprint density at radius 2 is 0.737 bits per heavy atom. The maximum atomic E-state index is 11.7. The molecule has 2 rings (SSSR count). The number of nitrogens with one attached hydrogen (secondary N) is 4. The molecule has 2 aromatic rings. The van der Waals surface area contributed by atoms with Crippen LogP contribution in [0.3, 0.4) is 0 Å². The second-order valence-corrected chi connectivity index (χ2v) is 7.95. The number of phenolic OH excluding ortho intramolecular Hbond substituents is 4. The number of aromatic hydroxyl groups is 4. The van der Waals surface area contributed by atoms with Crippen molar-refractivity contribution < 1.29 is 39.6 Å². The fraction of sp³-hybridized carbons (Fsp3) is 0.385. The van der Waals surface area contributed by atoms with E-state index in [-0.39, 0.29) is 22.3 Å². The molecule has 0 aromatic heterocycles. The lowest BCUT2D eigenvalue weighted by Gasteiger charge is -2.10. The summed E-state index contributed by atoms with van der Waals surface area (Å²) in [6.45, 7) is 9.01. The van der Waals surface area contributed by atoms with Gasteiger partial charge in [0, 0.05) is 26.2 Å². The largest absolute Gasteiger partial charge is 0.504 e. The fourth-order valence-corrected chi connectivity index (χ4v) is 3.07. The van der Waals surface area contributed by atoms with Crippen LogP contribution >= 0.6 is 0 Å². The molecule has 0 aliphatic rings. The molecule has 12 nitrogen and oxygen atoms in total. The Morgan fingerprint density at radius 1 is 0.500 bits per heavy atom. The van der Waals surface area contributed by atoms with E-state index in [4.69, 9.17) is 0 Å². The lowest BCUT2D eigenvalue weighted by atomic mass is 10.1. The lowest BCUT2D eigenvalue weighted by Crippen LogP contribution is -2.26. The summed E-state index contributed by atoms with van der Waals surface area (Å²) in [4.78, 5) is 46.6. The zero-order valence-electron chi connectivity index (χ0n) is 22.0. The first kappa shape index (κ1) is 31.5. The van der Waals surface area contributed by atoms with Gasteiger partial charge in [0.2, 0.25) is 0 Å². The van der Waals surface area contributed by atoms with Gasteiger partial charge in [0.05, 0.1) is 22.3 Å². The van der Waals surface area contributed by atoms with Crippen molar-refractivity contribution >= 4 is 23.6 Å². The van der Waals surface area contributed by atoms with Gasteiger partial charge in [0.1, 0.15) is 0 Å². The Morgan fingerprint density at radius 3 is 0.947 bits per heavy atom. The molecule has 12 heteroatoms. The highest BCUT2D eigenvalue weighted by Crippen LogP contribution is 2.33. The van der Waals surface area contributed by atoms with Crippen LogP contribution in [0.5, 0.6) is 23.0 Å². The minimum Gasteiger partial charge on any atom is -0.504 e. The SMILES string of the molecule is CCCNC(=O)c1ccc(C(=O)NCCC)c(O)c1O.CCNC(=O)c1ccc(C(=O)NCC)c(O)c1O. The lowest BCUT2D eigenvalue weighted by molar-refractivity contribution is 0.0936. The number of carbonyl (C=O) groups excluding carboxylic acids is 4. The third-order valence-electron chi connectivity index (χ3n) is 5.03. The molecule has 0 saturated carbocycles. The van der Waals surface area contributed by atoms with Crippen molar-refractivity contribution in [3.8, 4) is 23.0 Å². The molecule has 0 atom stereocenters. The summed E-state index contributed by atoms with van der Waals surface area (Å²) in [6.07, 6.45) is 1.52. The van der Waals surface area contributed by atoms with E-state index in [1.54, 1.807) is 13.8 Å². The van der Waals surface area contributed by atoms with Crippen molar-refractivity contribution in [3.63, 3.8) is 0 Å². The van der Waals surface area contributed by atoms with E-state index in [2.05, 4.69) is 21.3 Å². The molecule has 0 unspecified atom stereocenters. The van der Waals surface area contributed by atoms with Crippen LogP contribution in [-0.4, -0.2) is 70.2 Å². The monoisotopic (exact) mass is 532 g/mol. The van der Waals surface area contributed by atoms with Crippen LogP contribution in [0.4, 0.5) is 0 Å². The van der Waals surface area contributed by atoms with Gasteiger partial charge >= 0.3 is 0 Å². The third kappa shape index (κ3) is 8.29. The van der Waals surface area contributed by atoms with E-state index in [1.807, 2.05) is 13.8 Å². The van der Waals surface area contributed by atoms with Crippen molar-refractivity contribution in [2.24, 2.45) is 0 Å². The summed E-state index contributed by atoms with van der Waals surface area (Å²) in [5.74, 6) is -4.33. The summed E-state index contributed by atoms with van der Waals surface area (Å²) < 4.78 is 0. The van der Waals surface area contributed by atoms with Gasteiger partial charge in [-0.25, -0.2) is 0 Å². The van der Waals surface area contributed by atoms with Crippen LogP contribution in [0, 0.1) is 0 Å². The Hall–Kier alpha value is -4.48. The predicted molar refractivity (Wildman–Crippen MR) is 141 cm³/mol. The van der Waals surface area contributed by atoms with E-state index >= 15 is 0 Å². The number of benzene rings is 2. The molecule has 4 amide bonds. The van der Waals surface area contributed by atoms with Gasteiger partial charge in [0.15, 0.2) is 23.0 Å². The van der Waals surface area contributed by atoms with Gasteiger partial charge in [-0.1, -0.05) is 13.8 Å². The maximum Gasteiger partial charge on any atom is 0.255 e. The minimum absolute atomic E-state index is 0.0528.